The van der Waals surface area contributed by atoms with Crippen LogP contribution in [0.5, 0.6) is 0 Å². The molecule has 2 heterocycles. The van der Waals surface area contributed by atoms with Crippen LogP contribution in [0.3, 0.4) is 0 Å². The standard InChI is InChI=1S/C26H38O12/c1-3-4-5-6-8-11-16(28)17(12-9-7-10-13-27)37-26-24(34)22(32)20(30)18(38-26)14-35-25-23(33)21(31)19(29)15(2)36-25/h3-4,9,12,15-34H,7,10,13-14H2,1-2H3/b4-3+,12-9+/t15-,16-,17-,18+,19-,20+,21+,22-,23+,24+,25+,26+/m0/s1. The molecule has 2 aliphatic rings. The second-order valence-corrected chi connectivity index (χ2v) is 8.91. The molecule has 0 amide bonds. The third kappa shape index (κ3) is 9.10. The molecule has 214 valence electrons. The minimum Gasteiger partial charge on any atom is -0.396 e. The molecule has 0 aliphatic carbocycles. The van der Waals surface area contributed by atoms with Crippen LogP contribution in [0.1, 0.15) is 26.7 Å². The van der Waals surface area contributed by atoms with Crippen LogP contribution in [0.2, 0.25) is 0 Å². The van der Waals surface area contributed by atoms with Gasteiger partial charge in [-0.2, -0.15) is 0 Å². The lowest BCUT2D eigenvalue weighted by Gasteiger charge is -2.43. The molecule has 2 saturated heterocycles. The molecule has 0 radical (unpaired) electrons. The highest BCUT2D eigenvalue weighted by Crippen LogP contribution is 2.27. The molecule has 38 heavy (non-hydrogen) atoms. The summed E-state index contributed by atoms with van der Waals surface area (Å²) >= 11 is 0. The van der Waals surface area contributed by atoms with Gasteiger partial charge in [-0.1, -0.05) is 30.1 Å². The van der Waals surface area contributed by atoms with Crippen molar-refractivity contribution in [2.75, 3.05) is 13.2 Å². The van der Waals surface area contributed by atoms with Crippen LogP contribution >= 0.6 is 0 Å². The van der Waals surface area contributed by atoms with Gasteiger partial charge in [-0.3, -0.25) is 0 Å². The Bertz CT molecular complexity index is 886. The molecule has 0 aromatic rings. The SMILES string of the molecule is C/C=C/C#CC#C[C@H](O)[C@H](/C=C/CCCO)O[C@@H]1O[C@H](CO[C@@H]2O[C@@H](C)[C@H](O)[C@@H](O)[C@H]2O)[C@@H](O)[C@H](O)[C@H]1O. The zero-order chi connectivity index (χ0) is 28.2. The summed E-state index contributed by atoms with van der Waals surface area (Å²) in [5.41, 5.74) is 0. The first kappa shape index (κ1) is 32.3. The lowest BCUT2D eigenvalue weighted by atomic mass is 9.98. The molecule has 12 nitrogen and oxygen atoms in total. The number of aliphatic hydroxyl groups is 8. The van der Waals surface area contributed by atoms with Crippen molar-refractivity contribution in [3.05, 3.63) is 24.3 Å². The van der Waals surface area contributed by atoms with Crippen LogP contribution in [-0.4, -0.2) is 128 Å². The van der Waals surface area contributed by atoms with E-state index in [4.69, 9.17) is 24.1 Å². The zero-order valence-corrected chi connectivity index (χ0v) is 21.3. The smallest absolute Gasteiger partial charge is 0.187 e. The highest BCUT2D eigenvalue weighted by atomic mass is 16.7. The Balaban J connectivity index is 2.12. The predicted molar refractivity (Wildman–Crippen MR) is 132 cm³/mol. The van der Waals surface area contributed by atoms with Crippen LogP contribution in [0, 0.1) is 23.7 Å². The fourth-order valence-electron chi connectivity index (χ4n) is 3.68. The number of hydrogen-bond donors (Lipinski definition) is 8. The van der Waals surface area contributed by atoms with Crippen molar-refractivity contribution in [1.82, 2.24) is 0 Å². The molecule has 12 heteroatoms. The van der Waals surface area contributed by atoms with Gasteiger partial charge in [0.05, 0.1) is 12.7 Å². The summed E-state index contributed by atoms with van der Waals surface area (Å²) in [6.45, 7) is 2.77. The van der Waals surface area contributed by atoms with Gasteiger partial charge in [0.25, 0.3) is 0 Å². The van der Waals surface area contributed by atoms with Crippen molar-refractivity contribution in [2.24, 2.45) is 0 Å². The summed E-state index contributed by atoms with van der Waals surface area (Å²) in [5.74, 6) is 10.2. The molecule has 0 bridgehead atoms. The maximum Gasteiger partial charge on any atom is 0.187 e. The van der Waals surface area contributed by atoms with Gasteiger partial charge in [0.1, 0.15) is 54.9 Å². The van der Waals surface area contributed by atoms with E-state index in [1.54, 1.807) is 25.2 Å². The second kappa shape index (κ2) is 16.3. The third-order valence-electron chi connectivity index (χ3n) is 5.96. The van der Waals surface area contributed by atoms with E-state index in [0.29, 0.717) is 12.8 Å². The van der Waals surface area contributed by atoms with Crippen molar-refractivity contribution in [1.29, 1.82) is 0 Å². The van der Waals surface area contributed by atoms with Gasteiger partial charge in [0.15, 0.2) is 12.6 Å². The molecule has 12 atom stereocenters. The van der Waals surface area contributed by atoms with E-state index in [2.05, 4.69) is 23.7 Å². The Kier molecular flexibility index (Phi) is 13.8. The van der Waals surface area contributed by atoms with Crippen molar-refractivity contribution >= 4 is 0 Å². The van der Waals surface area contributed by atoms with Crippen molar-refractivity contribution in [3.63, 3.8) is 0 Å². The minimum atomic E-state index is -1.72. The first-order valence-corrected chi connectivity index (χ1v) is 12.4. The fourth-order valence-corrected chi connectivity index (χ4v) is 3.68. The number of unbranched alkanes of at least 4 members (excludes halogenated alkanes) is 1. The number of ether oxygens (including phenoxy) is 4. The maximum atomic E-state index is 10.5. The Labute approximate surface area is 221 Å². The highest BCUT2D eigenvalue weighted by molar-refractivity contribution is 5.32. The molecule has 2 fully saturated rings. The normalized spacial score (nSPS) is 37.3. The summed E-state index contributed by atoms with van der Waals surface area (Å²) in [6, 6.07) is 0. The van der Waals surface area contributed by atoms with E-state index in [1.165, 1.54) is 13.0 Å². The quantitative estimate of drug-likeness (QED) is 0.0808. The number of hydrogen-bond acceptors (Lipinski definition) is 12. The Morgan fingerprint density at radius 3 is 2.26 bits per heavy atom. The molecule has 0 saturated carbocycles. The summed E-state index contributed by atoms with van der Waals surface area (Å²) in [4.78, 5) is 0. The summed E-state index contributed by atoms with van der Waals surface area (Å²) < 4.78 is 22.1. The highest BCUT2D eigenvalue weighted by Gasteiger charge is 2.47. The second-order valence-electron chi connectivity index (χ2n) is 8.91. The van der Waals surface area contributed by atoms with Gasteiger partial charge >= 0.3 is 0 Å². The minimum absolute atomic E-state index is 0.0385. The zero-order valence-electron chi connectivity index (χ0n) is 21.3. The van der Waals surface area contributed by atoms with E-state index in [-0.39, 0.29) is 6.61 Å². The van der Waals surface area contributed by atoms with E-state index in [9.17, 15) is 35.7 Å². The average Bonchev–Trinajstić information content (AvgIpc) is 2.90. The predicted octanol–water partition coefficient (Wildman–Crippen LogP) is -2.70. The molecule has 0 spiro atoms. The largest absolute Gasteiger partial charge is 0.396 e. The van der Waals surface area contributed by atoms with Gasteiger partial charge in [-0.05, 0) is 44.6 Å². The number of rotatable bonds is 10. The maximum absolute atomic E-state index is 10.5. The van der Waals surface area contributed by atoms with Gasteiger partial charge in [-0.25, -0.2) is 0 Å². The van der Waals surface area contributed by atoms with Crippen LogP contribution in [0.4, 0.5) is 0 Å². The first-order chi connectivity index (χ1) is 18.1. The third-order valence-corrected chi connectivity index (χ3v) is 5.96. The topological polar surface area (TPSA) is 199 Å². The fraction of sp³-hybridized carbons (Fsp3) is 0.692. The summed E-state index contributed by atoms with van der Waals surface area (Å²) in [6.07, 6.45) is -9.78. The molecular formula is C26H38O12. The Morgan fingerprint density at radius 1 is 0.895 bits per heavy atom. The first-order valence-electron chi connectivity index (χ1n) is 12.4. The van der Waals surface area contributed by atoms with Crippen LogP contribution < -0.4 is 0 Å². The van der Waals surface area contributed by atoms with Gasteiger partial charge in [-0.15, -0.1) is 0 Å². The van der Waals surface area contributed by atoms with Gasteiger partial charge < -0.3 is 59.8 Å². The van der Waals surface area contributed by atoms with Crippen LogP contribution in [0.25, 0.3) is 0 Å². The molecule has 0 unspecified atom stereocenters. The molecule has 2 rings (SSSR count). The van der Waals surface area contributed by atoms with Crippen LogP contribution in [0.15, 0.2) is 24.3 Å². The van der Waals surface area contributed by atoms with E-state index in [0.717, 1.165) is 0 Å². The number of aliphatic hydroxyl groups excluding tert-OH is 8. The summed E-state index contributed by atoms with van der Waals surface area (Å²) in [7, 11) is 0. The molecular weight excluding hydrogens is 504 g/mol. The summed E-state index contributed by atoms with van der Waals surface area (Å²) in [5, 5.41) is 80.7. The van der Waals surface area contributed by atoms with Crippen LogP contribution in [-0.2, 0) is 18.9 Å². The van der Waals surface area contributed by atoms with E-state index >= 15 is 0 Å². The lowest BCUT2D eigenvalue weighted by Crippen LogP contribution is -2.61. The average molecular weight is 543 g/mol. The lowest BCUT2D eigenvalue weighted by molar-refractivity contribution is -0.333. The molecule has 0 aromatic heterocycles. The Morgan fingerprint density at radius 2 is 1.58 bits per heavy atom. The van der Waals surface area contributed by atoms with Crippen molar-refractivity contribution in [2.45, 2.75) is 100 Å². The van der Waals surface area contributed by atoms with Crippen molar-refractivity contribution < 1.29 is 59.8 Å². The van der Waals surface area contributed by atoms with E-state index < -0.39 is 80.2 Å². The molecule has 8 N–H and O–H groups in total. The molecule has 2 aliphatic heterocycles. The van der Waals surface area contributed by atoms with E-state index in [1.807, 2.05) is 0 Å². The van der Waals surface area contributed by atoms with Gasteiger partial charge in [0, 0.05) is 6.61 Å². The van der Waals surface area contributed by atoms with Gasteiger partial charge in [0.2, 0.25) is 0 Å². The Hall–Kier alpha value is -1.88. The van der Waals surface area contributed by atoms with Crippen molar-refractivity contribution in [3.8, 4) is 23.7 Å². The number of allylic oxidation sites excluding steroid dienone is 3. The monoisotopic (exact) mass is 542 g/mol. The molecule has 0 aromatic carbocycles.